The maximum atomic E-state index is 14.6. The second kappa shape index (κ2) is 39.0. The van der Waals surface area contributed by atoms with Gasteiger partial charge in [-0.15, -0.1) is 0 Å². The molecule has 12 amide bonds. The van der Waals surface area contributed by atoms with Crippen molar-refractivity contribution in [2.75, 3.05) is 44.7 Å². The number of carbonyl (C=O) groups is 12. The van der Waals surface area contributed by atoms with Crippen LogP contribution in [-0.4, -0.2) is 192 Å². The Morgan fingerprint density at radius 1 is 0.571 bits per heavy atom. The molecule has 0 aliphatic carbocycles. The molecule has 2 heterocycles. The third-order valence-electron chi connectivity index (χ3n) is 15.5. The first-order chi connectivity index (χ1) is 43.3. The van der Waals surface area contributed by atoms with E-state index in [1.54, 1.807) is 60.7 Å². The van der Waals surface area contributed by atoms with Gasteiger partial charge in [-0.05, 0) is 120 Å². The second-order valence-electron chi connectivity index (χ2n) is 23.3. The van der Waals surface area contributed by atoms with Crippen molar-refractivity contribution in [3.8, 4) is 0 Å². The highest BCUT2D eigenvalue weighted by Gasteiger charge is 2.42. The largest absolute Gasteiger partial charge is 0.370 e. The lowest BCUT2D eigenvalue weighted by Gasteiger charge is -2.31. The number of hydrogen-bond acceptors (Lipinski definition) is 16. The highest BCUT2D eigenvalue weighted by Crippen LogP contribution is 2.23. The van der Waals surface area contributed by atoms with Crippen molar-refractivity contribution in [2.24, 2.45) is 45.3 Å². The van der Waals surface area contributed by atoms with Crippen LogP contribution in [0.5, 0.6) is 0 Å². The molecule has 2 fully saturated rings. The first-order valence-electron chi connectivity index (χ1n) is 31.0. The van der Waals surface area contributed by atoms with Gasteiger partial charge in [-0.1, -0.05) is 74.5 Å². The number of rotatable bonds is 39. The SMILES string of the molecule is CSCC[C@H](NC(=O)[C@H](CC(C)C)NC(=O)CNC(=O)[C@H](Cc1ccccc1)NC(=O)[C@H](Cc1ccccc1)NC(=O)[C@H](CCC(N)=O)NC(=O)[C@H](C)NC(=O)[C@@H]1CCCN1C(=O)[C@H](CCCCN)NC(=O)[C@@H]1CCCN1C(=O)[C@@H](N)CCCN=C(N)N)C(N)=O. The van der Waals surface area contributed by atoms with Crippen molar-refractivity contribution >= 4 is 88.6 Å². The van der Waals surface area contributed by atoms with Crippen LogP contribution < -0.4 is 76.9 Å². The van der Waals surface area contributed by atoms with Gasteiger partial charge in [0, 0.05) is 38.9 Å². The Morgan fingerprint density at radius 2 is 1.10 bits per heavy atom. The molecule has 91 heavy (non-hydrogen) atoms. The van der Waals surface area contributed by atoms with Crippen molar-refractivity contribution in [2.45, 2.75) is 178 Å². The first kappa shape index (κ1) is 75.1. The van der Waals surface area contributed by atoms with Crippen LogP contribution >= 0.6 is 11.8 Å². The molecule has 2 aliphatic heterocycles. The van der Waals surface area contributed by atoms with Crippen molar-refractivity contribution in [3.05, 3.63) is 71.8 Å². The van der Waals surface area contributed by atoms with E-state index < -0.39 is 144 Å². The van der Waals surface area contributed by atoms with Crippen LogP contribution in [0.15, 0.2) is 65.7 Å². The summed E-state index contributed by atoms with van der Waals surface area (Å²) in [5.41, 5.74) is 35.1. The molecular weight excluding hydrogens is 1190 g/mol. The van der Waals surface area contributed by atoms with E-state index >= 15 is 0 Å². The fourth-order valence-corrected chi connectivity index (χ4v) is 11.1. The summed E-state index contributed by atoms with van der Waals surface area (Å²) in [5.74, 6) is -8.26. The minimum atomic E-state index is -1.52. The number of nitrogens with one attached hydrogen (secondary N) is 8. The third kappa shape index (κ3) is 25.8. The quantitative estimate of drug-likeness (QED) is 0.0181. The van der Waals surface area contributed by atoms with Crippen molar-refractivity contribution in [3.63, 3.8) is 0 Å². The van der Waals surface area contributed by atoms with Crippen LogP contribution in [-0.2, 0) is 70.4 Å². The summed E-state index contributed by atoms with van der Waals surface area (Å²) in [5, 5.41) is 21.2. The zero-order valence-electron chi connectivity index (χ0n) is 52.6. The number of thioether (sulfide) groups is 1. The van der Waals surface area contributed by atoms with E-state index in [2.05, 4.69) is 47.5 Å². The predicted molar refractivity (Wildman–Crippen MR) is 343 cm³/mol. The summed E-state index contributed by atoms with van der Waals surface area (Å²) in [6, 6.07) is 5.48. The average Bonchev–Trinajstić information content (AvgIpc) is 1.86. The molecule has 0 saturated carbocycles. The third-order valence-corrected chi connectivity index (χ3v) is 16.1. The molecule has 10 atom stereocenters. The molecule has 0 bridgehead atoms. The summed E-state index contributed by atoms with van der Waals surface area (Å²) >= 11 is 1.46. The van der Waals surface area contributed by atoms with Crippen molar-refractivity contribution < 1.29 is 57.5 Å². The summed E-state index contributed by atoms with van der Waals surface area (Å²) < 4.78 is 0. The van der Waals surface area contributed by atoms with Gasteiger partial charge in [-0.3, -0.25) is 62.5 Å². The van der Waals surface area contributed by atoms with E-state index in [0.29, 0.717) is 61.9 Å². The Hall–Kier alpha value is -8.38. The molecule has 4 rings (SSSR count). The molecule has 30 heteroatoms. The van der Waals surface area contributed by atoms with Gasteiger partial charge in [0.25, 0.3) is 0 Å². The van der Waals surface area contributed by atoms with Gasteiger partial charge in [-0.2, -0.15) is 11.8 Å². The monoisotopic (exact) mass is 1290 g/mol. The molecule has 0 spiro atoms. The Balaban J connectivity index is 1.49. The number of carbonyl (C=O) groups excluding carboxylic acids is 12. The number of aliphatic imine (C=N–C) groups is 1. The van der Waals surface area contributed by atoms with E-state index in [-0.39, 0.29) is 82.9 Å². The lowest BCUT2D eigenvalue weighted by molar-refractivity contribution is -0.144. The van der Waals surface area contributed by atoms with Gasteiger partial charge in [0.15, 0.2) is 5.96 Å². The molecule has 502 valence electrons. The minimum absolute atomic E-state index is 0.0792. The molecule has 2 aromatic rings. The highest BCUT2D eigenvalue weighted by atomic mass is 32.2. The Kier molecular flexibility index (Phi) is 32.2. The number of guanidine groups is 1. The van der Waals surface area contributed by atoms with Gasteiger partial charge in [0.1, 0.15) is 54.4 Å². The molecule has 20 N–H and O–H groups in total. The van der Waals surface area contributed by atoms with Crippen LogP contribution in [0.2, 0.25) is 0 Å². The number of unbranched alkanes of at least 4 members (excludes halogenated alkanes) is 1. The molecule has 0 aromatic heterocycles. The summed E-state index contributed by atoms with van der Waals surface area (Å²) in [4.78, 5) is 171. The molecule has 2 saturated heterocycles. The Morgan fingerprint density at radius 3 is 1.64 bits per heavy atom. The molecular formula is C61H95N17O12S. The normalized spacial score (nSPS) is 17.1. The fourth-order valence-electron chi connectivity index (χ4n) is 10.6. The highest BCUT2D eigenvalue weighted by molar-refractivity contribution is 7.98. The van der Waals surface area contributed by atoms with Crippen molar-refractivity contribution in [1.82, 2.24) is 52.3 Å². The molecule has 2 aromatic carbocycles. The van der Waals surface area contributed by atoms with Crippen LogP contribution in [0.4, 0.5) is 0 Å². The number of nitrogens with zero attached hydrogens (tertiary/aromatic N) is 3. The predicted octanol–water partition coefficient (Wildman–Crippen LogP) is -2.96. The maximum Gasteiger partial charge on any atom is 0.245 e. The van der Waals surface area contributed by atoms with Crippen LogP contribution in [0.1, 0.15) is 115 Å². The lowest BCUT2D eigenvalue weighted by Crippen LogP contribution is -2.60. The smallest absolute Gasteiger partial charge is 0.245 e. The van der Waals surface area contributed by atoms with Crippen LogP contribution in [0.25, 0.3) is 0 Å². The van der Waals surface area contributed by atoms with Gasteiger partial charge >= 0.3 is 0 Å². The lowest BCUT2D eigenvalue weighted by atomic mass is 10.0. The van der Waals surface area contributed by atoms with E-state index in [1.165, 1.54) is 28.5 Å². The minimum Gasteiger partial charge on any atom is -0.370 e. The van der Waals surface area contributed by atoms with Gasteiger partial charge < -0.3 is 86.7 Å². The molecule has 29 nitrogen and oxygen atoms in total. The van der Waals surface area contributed by atoms with E-state index in [1.807, 2.05) is 20.1 Å². The molecule has 2 aliphatic rings. The number of primary amides is 2. The average molecular weight is 1290 g/mol. The first-order valence-corrected chi connectivity index (χ1v) is 32.4. The van der Waals surface area contributed by atoms with Gasteiger partial charge in [0.2, 0.25) is 70.9 Å². The second-order valence-corrected chi connectivity index (χ2v) is 24.3. The van der Waals surface area contributed by atoms with Gasteiger partial charge in [0.05, 0.1) is 12.6 Å². The van der Waals surface area contributed by atoms with Gasteiger partial charge in [-0.25, -0.2) is 0 Å². The van der Waals surface area contributed by atoms with Crippen molar-refractivity contribution in [1.29, 1.82) is 0 Å². The zero-order valence-corrected chi connectivity index (χ0v) is 53.4. The Labute approximate surface area is 535 Å². The topological polar surface area (TPSA) is 476 Å². The number of nitrogens with two attached hydrogens (primary N) is 6. The summed E-state index contributed by atoms with van der Waals surface area (Å²) in [6.45, 7) is 5.41. The maximum absolute atomic E-state index is 14.6. The zero-order chi connectivity index (χ0) is 67.2. The summed E-state index contributed by atoms with van der Waals surface area (Å²) in [7, 11) is 0. The number of benzene rings is 2. The van der Waals surface area contributed by atoms with E-state index in [9.17, 15) is 57.5 Å². The number of hydrogen-bond donors (Lipinski definition) is 14. The van der Waals surface area contributed by atoms with Crippen LogP contribution in [0, 0.1) is 5.92 Å². The number of likely N-dealkylation sites (tertiary alicyclic amines) is 2. The fraction of sp³-hybridized carbons (Fsp3) is 0.590. The van der Waals surface area contributed by atoms with Crippen LogP contribution in [0.3, 0.4) is 0 Å². The van der Waals surface area contributed by atoms with E-state index in [0.717, 1.165) is 0 Å². The Bertz CT molecular complexity index is 2810. The molecule has 0 unspecified atom stereocenters. The number of amides is 12. The molecule has 0 radical (unpaired) electrons. The summed E-state index contributed by atoms with van der Waals surface area (Å²) in [6.07, 6.45) is 4.65. The van der Waals surface area contributed by atoms with E-state index in [4.69, 9.17) is 34.4 Å². The standard InChI is InChI=1S/C61H95N17O12S/c1-36(2)32-44(55(85)72-41(51(65)81)26-31-91-4)71-50(80)35-69-53(83)45(33-38-16-7-5-8-17-38)75-56(86)46(34-39-18-9-6-10-19-39)76-54(84)42(24-25-49(64)79)73-52(82)37(3)70-57(87)47-22-15-30-78(47)60(90)43(21-11-12-27-62)74-58(88)48-23-14-29-77(48)59(89)40(63)20-13-28-68-61(66)67/h5-10,16-19,36-37,40-48H,11-15,20-35,62-63H2,1-4H3,(H2,64,79)(H2,65,81)(H,69,83)(H,70,87)(H,71,80)(H,72,85)(H,73,82)(H,74,88)(H,75,86)(H,76,84)(H4,66,67,68)/t37-,40-,41-,42-,43-,44-,45-,46-,47-,48-/m0/s1.